The summed E-state index contributed by atoms with van der Waals surface area (Å²) in [5.41, 5.74) is 1.28. The van der Waals surface area contributed by atoms with Crippen LogP contribution in [0, 0.1) is 6.92 Å². The number of hydrogen-bond acceptors (Lipinski definition) is 4. The number of carbonyl (C=O) groups excluding carboxylic acids is 2. The lowest BCUT2D eigenvalue weighted by Crippen LogP contribution is -2.42. The molecule has 25 heavy (non-hydrogen) atoms. The summed E-state index contributed by atoms with van der Waals surface area (Å²) in [6.07, 6.45) is 0.0808. The minimum atomic E-state index is -0.543. The summed E-state index contributed by atoms with van der Waals surface area (Å²) in [5.74, 6) is 2.16. The van der Waals surface area contributed by atoms with Crippen LogP contribution in [0.5, 0.6) is 5.75 Å². The van der Waals surface area contributed by atoms with Crippen molar-refractivity contribution in [2.45, 2.75) is 26.4 Å². The number of nitrogens with zero attached hydrogens (tertiary/aromatic N) is 1. The molecule has 7 nitrogen and oxygen atoms in total. The second kappa shape index (κ2) is 6.88. The first-order chi connectivity index (χ1) is 11.9. The third-order valence-corrected chi connectivity index (χ3v) is 4.01. The predicted octanol–water partition coefficient (Wildman–Crippen LogP) is 2.70. The largest absolute Gasteiger partial charge is 0.479 e. The van der Waals surface area contributed by atoms with Gasteiger partial charge in [0.1, 0.15) is 17.3 Å². The lowest BCUT2D eigenvalue weighted by Gasteiger charge is -2.30. The second-order valence-corrected chi connectivity index (χ2v) is 5.98. The van der Waals surface area contributed by atoms with Crippen molar-refractivity contribution >= 4 is 23.3 Å². The van der Waals surface area contributed by atoms with E-state index < -0.39 is 6.10 Å². The van der Waals surface area contributed by atoms with Gasteiger partial charge in [-0.2, -0.15) is 0 Å². The number of aryl methyl sites for hydroxylation is 1. The minimum Gasteiger partial charge on any atom is -0.479 e. The Morgan fingerprint density at radius 1 is 1.28 bits per heavy atom. The topological polar surface area (TPSA) is 83.8 Å². The van der Waals surface area contributed by atoms with Crippen molar-refractivity contribution in [3.8, 4) is 5.75 Å². The zero-order chi connectivity index (χ0) is 18.0. The molecule has 3 rings (SSSR count). The van der Waals surface area contributed by atoms with Crippen LogP contribution in [0.3, 0.4) is 0 Å². The molecule has 0 spiro atoms. The molecule has 1 aromatic heterocycles. The summed E-state index contributed by atoms with van der Waals surface area (Å²) >= 11 is 0. The van der Waals surface area contributed by atoms with Crippen molar-refractivity contribution < 1.29 is 18.7 Å². The van der Waals surface area contributed by atoms with Gasteiger partial charge in [0, 0.05) is 31.8 Å². The lowest BCUT2D eigenvalue weighted by atomic mass is 10.2. The molecule has 0 saturated carbocycles. The number of carbonyl (C=O) groups is 2. The van der Waals surface area contributed by atoms with Crippen molar-refractivity contribution in [1.82, 2.24) is 5.32 Å². The number of urea groups is 1. The Labute approximate surface area is 145 Å². The highest BCUT2D eigenvalue weighted by atomic mass is 16.5. The number of amides is 3. The molecule has 0 unspecified atom stereocenters. The van der Waals surface area contributed by atoms with Crippen LogP contribution in [0.15, 0.2) is 34.7 Å². The molecule has 7 heteroatoms. The van der Waals surface area contributed by atoms with E-state index in [0.717, 1.165) is 11.5 Å². The van der Waals surface area contributed by atoms with Gasteiger partial charge in [-0.05, 0) is 38.1 Å². The van der Waals surface area contributed by atoms with E-state index >= 15 is 0 Å². The first-order valence-electron chi connectivity index (χ1n) is 8.12. The smallest absolute Gasteiger partial charge is 0.319 e. The predicted molar refractivity (Wildman–Crippen MR) is 94.1 cm³/mol. The molecular formula is C18H21N3O4. The molecule has 2 N–H and O–H groups in total. The Bertz CT molecular complexity index is 799. The Hall–Kier alpha value is -2.96. The minimum absolute atomic E-state index is 0.0980. The van der Waals surface area contributed by atoms with Crippen LogP contribution in [0.1, 0.15) is 18.4 Å². The van der Waals surface area contributed by atoms with Gasteiger partial charge < -0.3 is 24.7 Å². The first-order valence-corrected chi connectivity index (χ1v) is 8.12. The molecule has 1 aliphatic heterocycles. The normalized spacial score (nSPS) is 16.2. The zero-order valence-electron chi connectivity index (χ0n) is 14.5. The number of nitrogens with one attached hydrogen (secondary N) is 2. The summed E-state index contributed by atoms with van der Waals surface area (Å²) in [4.78, 5) is 25.5. The van der Waals surface area contributed by atoms with Crippen LogP contribution in [-0.4, -0.2) is 31.6 Å². The van der Waals surface area contributed by atoms with Gasteiger partial charge in [-0.25, -0.2) is 4.79 Å². The third kappa shape index (κ3) is 3.76. The highest BCUT2D eigenvalue weighted by Gasteiger charge is 2.28. The summed E-state index contributed by atoms with van der Waals surface area (Å²) in [7, 11) is 1.70. The van der Waals surface area contributed by atoms with Crippen molar-refractivity contribution in [2.24, 2.45) is 0 Å². The SMILES string of the molecule is Cc1ccc(CCNC(=O)Nc2ccc3c(c2)O[C@@H](C)C(=O)N3C)o1. The fourth-order valence-corrected chi connectivity index (χ4v) is 2.69. The third-order valence-electron chi connectivity index (χ3n) is 4.01. The second-order valence-electron chi connectivity index (χ2n) is 5.98. The van der Waals surface area contributed by atoms with E-state index in [1.807, 2.05) is 19.1 Å². The fraction of sp³-hybridized carbons (Fsp3) is 0.333. The number of anilines is 2. The van der Waals surface area contributed by atoms with E-state index in [2.05, 4.69) is 10.6 Å². The van der Waals surface area contributed by atoms with Gasteiger partial charge in [-0.3, -0.25) is 4.79 Å². The number of fused-ring (bicyclic) bond motifs is 1. The van der Waals surface area contributed by atoms with Gasteiger partial charge in [0.15, 0.2) is 6.10 Å². The van der Waals surface area contributed by atoms with E-state index in [4.69, 9.17) is 9.15 Å². The molecule has 0 bridgehead atoms. The van der Waals surface area contributed by atoms with E-state index in [-0.39, 0.29) is 11.9 Å². The summed E-state index contributed by atoms with van der Waals surface area (Å²) in [5, 5.41) is 5.54. The summed E-state index contributed by atoms with van der Waals surface area (Å²) in [6.45, 7) is 4.05. The number of rotatable bonds is 4. The Morgan fingerprint density at radius 2 is 2.08 bits per heavy atom. The van der Waals surface area contributed by atoms with Crippen LogP contribution in [-0.2, 0) is 11.2 Å². The van der Waals surface area contributed by atoms with Gasteiger partial charge in [0.25, 0.3) is 5.91 Å². The van der Waals surface area contributed by atoms with Crippen LogP contribution in [0.25, 0.3) is 0 Å². The molecule has 0 saturated heterocycles. The van der Waals surface area contributed by atoms with Gasteiger partial charge in [0.2, 0.25) is 0 Å². The van der Waals surface area contributed by atoms with E-state index in [1.165, 1.54) is 0 Å². The Morgan fingerprint density at radius 3 is 2.80 bits per heavy atom. The van der Waals surface area contributed by atoms with Crippen LogP contribution >= 0.6 is 0 Å². The summed E-state index contributed by atoms with van der Waals surface area (Å²) in [6, 6.07) is 8.68. The quantitative estimate of drug-likeness (QED) is 0.894. The maximum Gasteiger partial charge on any atom is 0.319 e. The number of hydrogen-bond donors (Lipinski definition) is 2. The number of likely N-dealkylation sites (N-methyl/N-ethyl adjacent to an activating group) is 1. The summed E-state index contributed by atoms with van der Waals surface area (Å²) < 4.78 is 11.1. The lowest BCUT2D eigenvalue weighted by molar-refractivity contribution is -0.125. The highest BCUT2D eigenvalue weighted by molar-refractivity contribution is 6.00. The molecular weight excluding hydrogens is 322 g/mol. The fourth-order valence-electron chi connectivity index (χ4n) is 2.69. The van der Waals surface area contributed by atoms with E-state index in [9.17, 15) is 9.59 Å². The Balaban J connectivity index is 1.57. The van der Waals surface area contributed by atoms with Crippen LogP contribution in [0.4, 0.5) is 16.2 Å². The van der Waals surface area contributed by atoms with Crippen molar-refractivity contribution in [3.05, 3.63) is 41.9 Å². The molecule has 132 valence electrons. The highest BCUT2D eigenvalue weighted by Crippen LogP contribution is 2.35. The van der Waals surface area contributed by atoms with E-state index in [0.29, 0.717) is 30.1 Å². The molecule has 2 aromatic rings. The number of ether oxygens (including phenoxy) is 1. The number of furan rings is 1. The molecule has 1 atom stereocenters. The van der Waals surface area contributed by atoms with Crippen molar-refractivity contribution in [3.63, 3.8) is 0 Å². The van der Waals surface area contributed by atoms with Crippen LogP contribution < -0.4 is 20.3 Å². The Kier molecular flexibility index (Phi) is 4.65. The maximum atomic E-state index is 12.0. The molecule has 3 amide bonds. The first kappa shape index (κ1) is 16.9. The zero-order valence-corrected chi connectivity index (χ0v) is 14.5. The van der Waals surface area contributed by atoms with Gasteiger partial charge >= 0.3 is 6.03 Å². The van der Waals surface area contributed by atoms with E-state index in [1.54, 1.807) is 37.1 Å². The van der Waals surface area contributed by atoms with Crippen molar-refractivity contribution in [1.29, 1.82) is 0 Å². The maximum absolute atomic E-state index is 12.0. The standard InChI is InChI=1S/C18H21N3O4/c1-11-4-6-14(24-11)8-9-19-18(23)20-13-5-7-15-16(10-13)25-12(2)17(22)21(15)3/h4-7,10,12H,8-9H2,1-3H3,(H2,19,20,23)/t12-/m0/s1. The van der Waals surface area contributed by atoms with Gasteiger partial charge in [-0.1, -0.05) is 0 Å². The molecule has 0 aliphatic carbocycles. The monoisotopic (exact) mass is 343 g/mol. The van der Waals surface area contributed by atoms with Crippen molar-refractivity contribution in [2.75, 3.05) is 23.8 Å². The molecule has 0 fully saturated rings. The van der Waals surface area contributed by atoms with Gasteiger partial charge in [0.05, 0.1) is 5.69 Å². The molecule has 1 aromatic carbocycles. The average Bonchev–Trinajstić information content (AvgIpc) is 2.98. The average molecular weight is 343 g/mol. The molecule has 2 heterocycles. The molecule has 0 radical (unpaired) electrons. The molecule has 1 aliphatic rings. The van der Waals surface area contributed by atoms with Gasteiger partial charge in [-0.15, -0.1) is 0 Å². The number of benzene rings is 1. The van der Waals surface area contributed by atoms with Crippen LogP contribution in [0.2, 0.25) is 0 Å².